The number of nitrogens with zero attached hydrogens (tertiary/aromatic N) is 1. The van der Waals surface area contributed by atoms with Gasteiger partial charge in [-0.15, -0.1) is 0 Å². The summed E-state index contributed by atoms with van der Waals surface area (Å²) in [6.45, 7) is 4.60. The van der Waals surface area contributed by atoms with Crippen LogP contribution in [0.1, 0.15) is 13.8 Å². The second kappa shape index (κ2) is 7.41. The van der Waals surface area contributed by atoms with E-state index in [-0.39, 0.29) is 12.5 Å². The molecule has 0 radical (unpaired) electrons. The van der Waals surface area contributed by atoms with Crippen LogP contribution in [0.25, 0.3) is 0 Å². The monoisotopic (exact) mass is 264 g/mol. The number of likely N-dealkylation sites (N-methyl/N-ethyl adjacent to an activating group) is 1. The number of para-hydroxylation sites is 1. The third kappa shape index (κ3) is 5.90. The van der Waals surface area contributed by atoms with Crippen LogP contribution < -0.4 is 10.1 Å². The summed E-state index contributed by atoms with van der Waals surface area (Å²) in [5, 5.41) is 2.74. The Kier molecular flexibility index (Phi) is 5.85. The number of ether oxygens (including phenoxy) is 1. The number of nitrogens with one attached hydrogen (secondary N) is 1. The molecule has 0 aliphatic heterocycles. The number of benzene rings is 1. The average molecular weight is 264 g/mol. The van der Waals surface area contributed by atoms with E-state index in [0.717, 1.165) is 0 Å². The minimum absolute atomic E-state index is 0.0155. The maximum absolute atomic E-state index is 11.7. The fraction of sp³-hybridized carbons (Fsp3) is 0.429. The van der Waals surface area contributed by atoms with E-state index in [1.165, 1.54) is 11.9 Å². The molecule has 0 bridgehead atoms. The van der Waals surface area contributed by atoms with Gasteiger partial charge in [0.15, 0.2) is 0 Å². The van der Waals surface area contributed by atoms with Crippen LogP contribution in [-0.2, 0) is 4.79 Å². The van der Waals surface area contributed by atoms with Crippen LogP contribution in [-0.4, -0.2) is 37.0 Å². The fourth-order valence-electron chi connectivity index (χ4n) is 1.32. The SMILES string of the molecule is CC(C)CNC(=O)CN(C)C(=O)Oc1ccccc1. The molecule has 1 N–H and O–H groups in total. The number of hydrogen-bond acceptors (Lipinski definition) is 3. The van der Waals surface area contributed by atoms with E-state index in [4.69, 9.17) is 4.74 Å². The van der Waals surface area contributed by atoms with E-state index in [1.807, 2.05) is 19.9 Å². The van der Waals surface area contributed by atoms with Crippen LogP contribution in [0.4, 0.5) is 4.79 Å². The molecular formula is C14H20N2O3. The van der Waals surface area contributed by atoms with Crippen molar-refractivity contribution in [2.24, 2.45) is 5.92 Å². The summed E-state index contributed by atoms with van der Waals surface area (Å²) in [4.78, 5) is 24.5. The molecule has 19 heavy (non-hydrogen) atoms. The van der Waals surface area contributed by atoms with Gasteiger partial charge in [0.25, 0.3) is 0 Å². The zero-order valence-corrected chi connectivity index (χ0v) is 11.6. The molecule has 0 spiro atoms. The molecule has 0 fully saturated rings. The summed E-state index contributed by atoms with van der Waals surface area (Å²) in [5.41, 5.74) is 0. The fourth-order valence-corrected chi connectivity index (χ4v) is 1.32. The summed E-state index contributed by atoms with van der Waals surface area (Å²) >= 11 is 0. The number of carbonyl (C=O) groups is 2. The first-order chi connectivity index (χ1) is 8.99. The summed E-state index contributed by atoms with van der Waals surface area (Å²) in [5.74, 6) is 0.647. The Hall–Kier alpha value is -2.04. The maximum Gasteiger partial charge on any atom is 0.415 e. The molecule has 1 aromatic rings. The summed E-state index contributed by atoms with van der Waals surface area (Å²) in [6, 6.07) is 8.76. The molecule has 0 aromatic heterocycles. The Morgan fingerprint density at radius 2 is 1.89 bits per heavy atom. The lowest BCUT2D eigenvalue weighted by atomic mass is 10.2. The highest BCUT2D eigenvalue weighted by molar-refractivity contribution is 5.82. The van der Waals surface area contributed by atoms with Crippen molar-refractivity contribution in [2.75, 3.05) is 20.1 Å². The third-order valence-corrected chi connectivity index (χ3v) is 2.35. The molecule has 104 valence electrons. The molecule has 0 saturated carbocycles. The highest BCUT2D eigenvalue weighted by atomic mass is 16.6. The van der Waals surface area contributed by atoms with E-state index < -0.39 is 6.09 Å². The van der Waals surface area contributed by atoms with E-state index in [2.05, 4.69) is 5.32 Å². The Bertz CT molecular complexity index is 418. The summed E-state index contributed by atoms with van der Waals surface area (Å²) in [7, 11) is 1.53. The van der Waals surface area contributed by atoms with Crippen molar-refractivity contribution >= 4 is 12.0 Å². The van der Waals surface area contributed by atoms with E-state index in [0.29, 0.717) is 18.2 Å². The van der Waals surface area contributed by atoms with Gasteiger partial charge in [-0.2, -0.15) is 0 Å². The minimum Gasteiger partial charge on any atom is -0.410 e. The highest BCUT2D eigenvalue weighted by Crippen LogP contribution is 2.09. The number of hydrogen-bond donors (Lipinski definition) is 1. The molecular weight excluding hydrogens is 244 g/mol. The Morgan fingerprint density at radius 3 is 2.47 bits per heavy atom. The zero-order valence-electron chi connectivity index (χ0n) is 11.6. The molecule has 5 nitrogen and oxygen atoms in total. The van der Waals surface area contributed by atoms with Crippen molar-refractivity contribution in [2.45, 2.75) is 13.8 Å². The first kappa shape index (κ1) is 15.0. The van der Waals surface area contributed by atoms with Crippen LogP contribution in [0.5, 0.6) is 5.75 Å². The molecule has 0 aliphatic rings. The second-order valence-corrected chi connectivity index (χ2v) is 4.74. The number of rotatable bonds is 5. The first-order valence-electron chi connectivity index (χ1n) is 6.23. The lowest BCUT2D eigenvalue weighted by molar-refractivity contribution is -0.121. The van der Waals surface area contributed by atoms with Crippen LogP contribution in [0.2, 0.25) is 0 Å². The molecule has 0 aliphatic carbocycles. The molecule has 0 atom stereocenters. The van der Waals surface area contributed by atoms with E-state index in [9.17, 15) is 9.59 Å². The smallest absolute Gasteiger partial charge is 0.410 e. The standard InChI is InChI=1S/C14H20N2O3/c1-11(2)9-15-13(17)10-16(3)14(18)19-12-7-5-4-6-8-12/h4-8,11H,9-10H2,1-3H3,(H,15,17). The highest BCUT2D eigenvalue weighted by Gasteiger charge is 2.14. The summed E-state index contributed by atoms with van der Waals surface area (Å²) in [6.07, 6.45) is -0.550. The lowest BCUT2D eigenvalue weighted by Crippen LogP contribution is -2.40. The Balaban J connectivity index is 2.38. The molecule has 5 heteroatoms. The van der Waals surface area contributed by atoms with E-state index >= 15 is 0 Å². The van der Waals surface area contributed by atoms with Gasteiger partial charge in [0.1, 0.15) is 12.3 Å². The Labute approximate surface area is 113 Å². The maximum atomic E-state index is 11.7. The lowest BCUT2D eigenvalue weighted by Gasteiger charge is -2.16. The van der Waals surface area contributed by atoms with Gasteiger partial charge in [0.05, 0.1) is 0 Å². The molecule has 2 amide bonds. The zero-order chi connectivity index (χ0) is 14.3. The number of carbonyl (C=O) groups excluding carboxylic acids is 2. The van der Waals surface area contributed by atoms with Crippen molar-refractivity contribution in [3.05, 3.63) is 30.3 Å². The van der Waals surface area contributed by atoms with Crippen molar-refractivity contribution < 1.29 is 14.3 Å². The normalized spacial score (nSPS) is 10.1. The molecule has 0 unspecified atom stereocenters. The second-order valence-electron chi connectivity index (χ2n) is 4.74. The Morgan fingerprint density at radius 1 is 1.26 bits per heavy atom. The van der Waals surface area contributed by atoms with Gasteiger partial charge in [0.2, 0.25) is 5.91 Å². The van der Waals surface area contributed by atoms with Gasteiger partial charge in [-0.05, 0) is 18.1 Å². The van der Waals surface area contributed by atoms with E-state index in [1.54, 1.807) is 24.3 Å². The predicted molar refractivity (Wildman–Crippen MR) is 72.9 cm³/mol. The van der Waals surface area contributed by atoms with Crippen molar-refractivity contribution in [3.63, 3.8) is 0 Å². The molecule has 0 heterocycles. The quantitative estimate of drug-likeness (QED) is 0.883. The van der Waals surface area contributed by atoms with Gasteiger partial charge in [-0.1, -0.05) is 32.0 Å². The molecule has 1 rings (SSSR count). The van der Waals surface area contributed by atoms with Gasteiger partial charge < -0.3 is 15.0 Å². The van der Waals surface area contributed by atoms with Gasteiger partial charge in [-0.3, -0.25) is 4.79 Å². The predicted octanol–water partition coefficient (Wildman–Crippen LogP) is 1.89. The van der Waals surface area contributed by atoms with Crippen molar-refractivity contribution in [1.82, 2.24) is 10.2 Å². The molecule has 0 saturated heterocycles. The van der Waals surface area contributed by atoms with Crippen molar-refractivity contribution in [1.29, 1.82) is 0 Å². The van der Waals surface area contributed by atoms with Crippen LogP contribution in [0.3, 0.4) is 0 Å². The van der Waals surface area contributed by atoms with Gasteiger partial charge in [0, 0.05) is 13.6 Å². The summed E-state index contributed by atoms with van der Waals surface area (Å²) < 4.78 is 5.11. The third-order valence-electron chi connectivity index (χ3n) is 2.35. The first-order valence-corrected chi connectivity index (χ1v) is 6.23. The van der Waals surface area contributed by atoms with Gasteiger partial charge in [-0.25, -0.2) is 4.79 Å². The molecule has 1 aromatic carbocycles. The largest absolute Gasteiger partial charge is 0.415 e. The van der Waals surface area contributed by atoms with Crippen LogP contribution in [0, 0.1) is 5.92 Å². The number of amides is 2. The minimum atomic E-state index is -0.550. The van der Waals surface area contributed by atoms with Crippen LogP contribution >= 0.6 is 0 Å². The van der Waals surface area contributed by atoms with Crippen molar-refractivity contribution in [3.8, 4) is 5.75 Å². The van der Waals surface area contributed by atoms with Gasteiger partial charge >= 0.3 is 6.09 Å². The average Bonchev–Trinajstić information content (AvgIpc) is 2.37. The topological polar surface area (TPSA) is 58.6 Å². The van der Waals surface area contributed by atoms with Crippen LogP contribution in [0.15, 0.2) is 30.3 Å².